The van der Waals surface area contributed by atoms with E-state index >= 15 is 0 Å². The average Bonchev–Trinajstić information content (AvgIpc) is 3.53. The minimum absolute atomic E-state index is 0.259. The Morgan fingerprint density at radius 3 is 2.63 bits per heavy atom. The first kappa shape index (κ1) is 22.6. The first-order valence-electron chi connectivity index (χ1n) is 11.0. The molecule has 1 saturated heterocycles. The van der Waals surface area contributed by atoms with Gasteiger partial charge in [-0.2, -0.15) is 0 Å². The minimum Gasteiger partial charge on any atom is -0.497 e. The molecule has 2 aromatic heterocycles. The number of thiocarbonyl (C=S) groups is 1. The molecule has 5 rings (SSSR count). The number of carbonyl (C=O) groups is 1. The fourth-order valence-electron chi connectivity index (χ4n) is 4.32. The van der Waals surface area contributed by atoms with E-state index in [0.717, 1.165) is 17.1 Å². The van der Waals surface area contributed by atoms with Crippen molar-refractivity contribution in [1.29, 1.82) is 0 Å². The van der Waals surface area contributed by atoms with E-state index in [1.54, 1.807) is 25.4 Å². The monoisotopic (exact) mass is 485 g/mol. The average molecular weight is 486 g/mol. The zero-order valence-electron chi connectivity index (χ0n) is 19.2. The van der Waals surface area contributed by atoms with Crippen molar-refractivity contribution in [3.8, 4) is 17.1 Å². The van der Waals surface area contributed by atoms with Crippen LogP contribution in [0.1, 0.15) is 33.9 Å². The molecular formula is C27H23N3O4S. The molecule has 1 aliphatic heterocycles. The summed E-state index contributed by atoms with van der Waals surface area (Å²) in [6.45, 7) is 0. The summed E-state index contributed by atoms with van der Waals surface area (Å²) in [7, 11) is 2.99. The number of hydrogen-bond donors (Lipinski definition) is 1. The fourth-order valence-corrected chi connectivity index (χ4v) is 4.67. The van der Waals surface area contributed by atoms with Crippen molar-refractivity contribution in [3.05, 3.63) is 102 Å². The molecule has 1 aliphatic rings. The number of rotatable bonds is 6. The van der Waals surface area contributed by atoms with Gasteiger partial charge in [-0.25, -0.2) is 4.79 Å². The lowest BCUT2D eigenvalue weighted by molar-refractivity contribution is 0.0601. The van der Waals surface area contributed by atoms with Crippen LogP contribution in [0.4, 0.5) is 5.69 Å². The van der Waals surface area contributed by atoms with Gasteiger partial charge in [0.05, 0.1) is 31.5 Å². The van der Waals surface area contributed by atoms with Crippen molar-refractivity contribution in [2.45, 2.75) is 12.1 Å². The van der Waals surface area contributed by atoms with Crippen LogP contribution in [0.3, 0.4) is 0 Å². The van der Waals surface area contributed by atoms with Gasteiger partial charge in [-0.15, -0.1) is 0 Å². The van der Waals surface area contributed by atoms with Gasteiger partial charge >= 0.3 is 5.97 Å². The molecule has 3 heterocycles. The number of benzene rings is 2. The van der Waals surface area contributed by atoms with Crippen molar-refractivity contribution in [1.82, 2.24) is 10.3 Å². The highest BCUT2D eigenvalue weighted by Crippen LogP contribution is 2.43. The predicted molar refractivity (Wildman–Crippen MR) is 136 cm³/mol. The normalized spacial score (nSPS) is 17.2. The van der Waals surface area contributed by atoms with E-state index in [1.165, 1.54) is 7.11 Å². The van der Waals surface area contributed by atoms with Gasteiger partial charge in [0.25, 0.3) is 0 Å². The molecule has 1 fully saturated rings. The van der Waals surface area contributed by atoms with E-state index < -0.39 is 5.97 Å². The molecule has 0 bridgehead atoms. The molecule has 7 nitrogen and oxygen atoms in total. The van der Waals surface area contributed by atoms with Crippen LogP contribution in [0, 0.1) is 0 Å². The van der Waals surface area contributed by atoms with E-state index in [4.69, 9.17) is 26.1 Å². The fraction of sp³-hybridized carbons (Fsp3) is 0.148. The number of furan rings is 1. The summed E-state index contributed by atoms with van der Waals surface area (Å²) in [5, 5.41) is 3.96. The Labute approximate surface area is 208 Å². The Kier molecular flexibility index (Phi) is 6.20. The third-order valence-corrected chi connectivity index (χ3v) is 6.26. The second kappa shape index (κ2) is 9.60. The maximum absolute atomic E-state index is 12.3. The largest absolute Gasteiger partial charge is 0.497 e. The van der Waals surface area contributed by atoms with Gasteiger partial charge in [0.1, 0.15) is 23.3 Å². The Hall–Kier alpha value is -4.17. The highest BCUT2D eigenvalue weighted by molar-refractivity contribution is 7.80. The molecule has 0 spiro atoms. The molecule has 0 amide bonds. The molecule has 4 aromatic rings. The SMILES string of the molecule is COC(=O)c1ccccc1-c1ccc([C@@H]2[C@H](c3ccccn3)NC(=S)N2c2cccc(OC)c2)o1. The number of nitrogens with one attached hydrogen (secondary N) is 1. The molecular weight excluding hydrogens is 462 g/mol. The number of aromatic nitrogens is 1. The number of carbonyl (C=O) groups excluding carboxylic acids is 1. The maximum atomic E-state index is 12.3. The molecule has 0 radical (unpaired) electrons. The number of ether oxygens (including phenoxy) is 2. The van der Waals surface area contributed by atoms with Gasteiger partial charge in [-0.05, 0) is 54.7 Å². The lowest BCUT2D eigenvalue weighted by Gasteiger charge is -2.26. The molecule has 1 N–H and O–H groups in total. The predicted octanol–water partition coefficient (Wildman–Crippen LogP) is 5.31. The molecule has 2 aromatic carbocycles. The Balaban J connectivity index is 1.61. The van der Waals surface area contributed by atoms with E-state index in [9.17, 15) is 4.79 Å². The molecule has 35 heavy (non-hydrogen) atoms. The van der Waals surface area contributed by atoms with E-state index in [1.807, 2.05) is 71.6 Å². The van der Waals surface area contributed by atoms with Gasteiger partial charge in [0, 0.05) is 23.5 Å². The van der Waals surface area contributed by atoms with E-state index in [2.05, 4.69) is 10.3 Å². The zero-order chi connectivity index (χ0) is 24.4. The lowest BCUT2D eigenvalue weighted by atomic mass is 10.0. The van der Waals surface area contributed by atoms with Gasteiger partial charge in [-0.1, -0.05) is 30.3 Å². The lowest BCUT2D eigenvalue weighted by Crippen LogP contribution is -2.29. The number of anilines is 1. The standard InChI is InChI=1S/C27H23N3O4S/c1-32-18-9-7-8-17(16-18)30-25(24(29-27(30)35)21-12-5-6-15-28-21)23-14-13-22(34-23)19-10-3-4-11-20(19)26(31)33-2/h3-16,24-25H,1-2H3,(H,29,35)/t24-,25+/m0/s1. The van der Waals surface area contributed by atoms with E-state index in [0.29, 0.717) is 27.8 Å². The maximum Gasteiger partial charge on any atom is 0.338 e. The number of methoxy groups -OCH3 is 2. The van der Waals surface area contributed by atoms with Crippen molar-refractivity contribution in [2.24, 2.45) is 0 Å². The first-order chi connectivity index (χ1) is 17.1. The third kappa shape index (κ3) is 4.24. The Bertz CT molecular complexity index is 1370. The van der Waals surface area contributed by atoms with Gasteiger partial charge < -0.3 is 24.1 Å². The molecule has 0 aliphatic carbocycles. The van der Waals surface area contributed by atoms with Crippen LogP contribution in [-0.4, -0.2) is 30.3 Å². The molecule has 0 unspecified atom stereocenters. The van der Waals surface area contributed by atoms with Crippen molar-refractivity contribution in [2.75, 3.05) is 19.1 Å². The molecule has 176 valence electrons. The number of esters is 1. The summed E-state index contributed by atoms with van der Waals surface area (Å²) in [6.07, 6.45) is 1.76. The minimum atomic E-state index is -0.424. The quantitative estimate of drug-likeness (QED) is 0.291. The van der Waals surface area contributed by atoms with Crippen molar-refractivity contribution >= 4 is 29.0 Å². The number of nitrogens with zero attached hydrogens (tertiary/aromatic N) is 2. The van der Waals surface area contributed by atoms with Crippen molar-refractivity contribution in [3.63, 3.8) is 0 Å². The summed E-state index contributed by atoms with van der Waals surface area (Å²) in [6, 6.07) is 23.9. The topological polar surface area (TPSA) is 76.8 Å². The third-order valence-electron chi connectivity index (χ3n) is 5.95. The molecule has 8 heteroatoms. The molecule has 0 saturated carbocycles. The zero-order valence-corrected chi connectivity index (χ0v) is 20.0. The van der Waals surface area contributed by atoms with Crippen molar-refractivity contribution < 1.29 is 18.7 Å². The second-order valence-corrected chi connectivity index (χ2v) is 8.32. The summed E-state index contributed by atoms with van der Waals surface area (Å²) in [5.74, 6) is 1.53. The van der Waals surface area contributed by atoms with Crippen LogP contribution in [0.2, 0.25) is 0 Å². The first-order valence-corrected chi connectivity index (χ1v) is 11.4. The van der Waals surface area contributed by atoms with Crippen LogP contribution in [0.5, 0.6) is 5.75 Å². The summed E-state index contributed by atoms with van der Waals surface area (Å²) < 4.78 is 16.8. The van der Waals surface area contributed by atoms with Gasteiger partial charge in [0.2, 0.25) is 0 Å². The second-order valence-electron chi connectivity index (χ2n) is 7.94. The van der Waals surface area contributed by atoms with Crippen LogP contribution in [-0.2, 0) is 4.74 Å². The van der Waals surface area contributed by atoms with Gasteiger partial charge in [0.15, 0.2) is 5.11 Å². The van der Waals surface area contributed by atoms with Crippen LogP contribution < -0.4 is 15.0 Å². The van der Waals surface area contributed by atoms with Crippen LogP contribution in [0.25, 0.3) is 11.3 Å². The smallest absolute Gasteiger partial charge is 0.338 e. The number of pyridine rings is 1. The summed E-state index contributed by atoms with van der Waals surface area (Å²) >= 11 is 5.77. The van der Waals surface area contributed by atoms with Gasteiger partial charge in [-0.3, -0.25) is 4.98 Å². The number of hydrogen-bond acceptors (Lipinski definition) is 6. The Morgan fingerprint density at radius 1 is 1.03 bits per heavy atom. The van der Waals surface area contributed by atoms with E-state index in [-0.39, 0.29) is 12.1 Å². The molecule has 2 atom stereocenters. The van der Waals surface area contributed by atoms with Crippen LogP contribution in [0.15, 0.2) is 89.5 Å². The Morgan fingerprint density at radius 2 is 1.86 bits per heavy atom. The highest BCUT2D eigenvalue weighted by Gasteiger charge is 2.42. The summed E-state index contributed by atoms with van der Waals surface area (Å²) in [5.41, 5.74) is 2.78. The summed E-state index contributed by atoms with van der Waals surface area (Å²) in [4.78, 5) is 18.9. The van der Waals surface area contributed by atoms with Crippen LogP contribution >= 0.6 is 12.2 Å². The highest BCUT2D eigenvalue weighted by atomic mass is 32.1.